The largest absolute Gasteiger partial charge is 0.478 e. The number of hydrogen-bond acceptors (Lipinski definition) is 8. The number of fused-ring (bicyclic) bond motifs is 1. The molecule has 36 heavy (non-hydrogen) atoms. The van der Waals surface area contributed by atoms with Crippen LogP contribution in [0.5, 0.6) is 0 Å². The van der Waals surface area contributed by atoms with Crippen LogP contribution in [0.4, 0.5) is 29.3 Å². The van der Waals surface area contributed by atoms with Gasteiger partial charge in [-0.15, -0.1) is 0 Å². The fourth-order valence-corrected chi connectivity index (χ4v) is 4.09. The van der Waals surface area contributed by atoms with Gasteiger partial charge < -0.3 is 19.4 Å². The van der Waals surface area contributed by atoms with E-state index in [4.69, 9.17) is 5.11 Å². The van der Waals surface area contributed by atoms with Crippen molar-refractivity contribution in [2.75, 3.05) is 36.0 Å². The standard InChI is InChI=1S/C23H18F4N6O3/c1-23(26,27)21-30-22(31-36-21)33-6-4-32(5-7-33)19-16-10-13(24)9-15(18(16)28-11-29-19)12-2-3-14(20(34)35)17(25)8-12/h2-3,8-11H,4-7H2,1H3,(H,34,35). The summed E-state index contributed by atoms with van der Waals surface area (Å²) >= 11 is 0. The molecule has 1 fully saturated rings. The topological polar surface area (TPSA) is 108 Å². The van der Waals surface area contributed by atoms with E-state index in [-0.39, 0.29) is 17.1 Å². The van der Waals surface area contributed by atoms with Crippen molar-refractivity contribution in [3.8, 4) is 11.1 Å². The summed E-state index contributed by atoms with van der Waals surface area (Å²) in [5, 5.41) is 13.1. The number of benzene rings is 2. The van der Waals surface area contributed by atoms with Crippen molar-refractivity contribution in [1.82, 2.24) is 20.1 Å². The van der Waals surface area contributed by atoms with Crippen molar-refractivity contribution in [2.45, 2.75) is 12.8 Å². The highest BCUT2D eigenvalue weighted by Gasteiger charge is 2.33. The molecule has 1 aliphatic heterocycles. The Morgan fingerprint density at radius 1 is 1.06 bits per heavy atom. The molecule has 2 aromatic heterocycles. The second-order valence-electron chi connectivity index (χ2n) is 8.31. The molecule has 0 atom stereocenters. The van der Waals surface area contributed by atoms with Crippen LogP contribution in [0.15, 0.2) is 41.2 Å². The summed E-state index contributed by atoms with van der Waals surface area (Å²) in [7, 11) is 0. The normalized spacial score (nSPS) is 14.5. The molecule has 1 N–H and O–H groups in total. The van der Waals surface area contributed by atoms with E-state index in [1.54, 1.807) is 4.90 Å². The summed E-state index contributed by atoms with van der Waals surface area (Å²) < 4.78 is 60.5. The molecule has 0 spiro atoms. The lowest BCUT2D eigenvalue weighted by Gasteiger charge is -2.35. The fraction of sp³-hybridized carbons (Fsp3) is 0.261. The van der Waals surface area contributed by atoms with E-state index in [9.17, 15) is 22.4 Å². The van der Waals surface area contributed by atoms with Crippen LogP contribution in [0, 0.1) is 11.6 Å². The van der Waals surface area contributed by atoms with Gasteiger partial charge in [0.2, 0.25) is 0 Å². The molecule has 0 radical (unpaired) electrons. The number of carboxylic acids is 1. The number of piperazine rings is 1. The van der Waals surface area contributed by atoms with Crippen LogP contribution in [0.2, 0.25) is 0 Å². The Morgan fingerprint density at radius 2 is 1.78 bits per heavy atom. The van der Waals surface area contributed by atoms with Crippen LogP contribution in [-0.2, 0) is 5.92 Å². The summed E-state index contributed by atoms with van der Waals surface area (Å²) in [5.74, 6) is -6.48. The average molecular weight is 502 g/mol. The highest BCUT2D eigenvalue weighted by atomic mass is 19.3. The van der Waals surface area contributed by atoms with Gasteiger partial charge in [-0.05, 0) is 35.0 Å². The monoisotopic (exact) mass is 502 g/mol. The van der Waals surface area contributed by atoms with Gasteiger partial charge in [0.1, 0.15) is 23.8 Å². The molecular formula is C23H18F4N6O3. The van der Waals surface area contributed by atoms with Gasteiger partial charge in [0.15, 0.2) is 0 Å². The number of aromatic carboxylic acids is 1. The smallest absolute Gasteiger partial charge is 0.338 e. The predicted molar refractivity (Wildman–Crippen MR) is 120 cm³/mol. The number of aromatic nitrogens is 4. The van der Waals surface area contributed by atoms with Gasteiger partial charge >= 0.3 is 11.9 Å². The second-order valence-corrected chi connectivity index (χ2v) is 8.31. The maximum atomic E-state index is 14.7. The Balaban J connectivity index is 1.45. The minimum absolute atomic E-state index is 0.0545. The van der Waals surface area contributed by atoms with Crippen molar-refractivity contribution in [2.24, 2.45) is 0 Å². The van der Waals surface area contributed by atoms with Crippen LogP contribution >= 0.6 is 0 Å². The molecule has 1 aliphatic rings. The number of rotatable bonds is 5. The molecule has 9 nitrogen and oxygen atoms in total. The first-order valence-corrected chi connectivity index (χ1v) is 10.8. The molecule has 0 saturated carbocycles. The molecule has 5 rings (SSSR count). The third kappa shape index (κ3) is 4.27. The zero-order valence-corrected chi connectivity index (χ0v) is 18.8. The quantitative estimate of drug-likeness (QED) is 0.404. The highest BCUT2D eigenvalue weighted by Crippen LogP contribution is 2.34. The first-order chi connectivity index (χ1) is 17.1. The van der Waals surface area contributed by atoms with Crippen molar-refractivity contribution >= 4 is 28.6 Å². The zero-order valence-electron chi connectivity index (χ0n) is 18.8. The second kappa shape index (κ2) is 8.73. The van der Waals surface area contributed by atoms with Gasteiger partial charge in [0.05, 0.1) is 11.1 Å². The van der Waals surface area contributed by atoms with Gasteiger partial charge in [-0.25, -0.2) is 23.5 Å². The van der Waals surface area contributed by atoms with Gasteiger partial charge in [0.25, 0.3) is 11.8 Å². The Labute approximate surface area is 201 Å². The van der Waals surface area contributed by atoms with Crippen LogP contribution in [-0.4, -0.2) is 57.4 Å². The fourth-order valence-electron chi connectivity index (χ4n) is 4.09. The lowest BCUT2D eigenvalue weighted by atomic mass is 10.00. The van der Waals surface area contributed by atoms with Gasteiger partial charge in [-0.2, -0.15) is 13.8 Å². The van der Waals surface area contributed by atoms with E-state index in [2.05, 4.69) is 24.6 Å². The van der Waals surface area contributed by atoms with E-state index in [1.807, 2.05) is 4.90 Å². The van der Waals surface area contributed by atoms with Gasteiger partial charge in [0, 0.05) is 44.1 Å². The Hall–Kier alpha value is -4.29. The Kier molecular flexibility index (Phi) is 5.69. The molecule has 13 heteroatoms. The Bertz CT molecular complexity index is 1460. The van der Waals surface area contributed by atoms with Crippen LogP contribution in [0.1, 0.15) is 23.2 Å². The Morgan fingerprint density at radius 3 is 2.42 bits per heavy atom. The molecule has 1 saturated heterocycles. The van der Waals surface area contributed by atoms with Gasteiger partial charge in [-0.1, -0.05) is 6.07 Å². The molecular weight excluding hydrogens is 484 g/mol. The maximum Gasteiger partial charge on any atom is 0.338 e. The molecule has 0 amide bonds. The minimum atomic E-state index is -3.24. The van der Waals surface area contributed by atoms with E-state index in [1.165, 1.54) is 24.5 Å². The minimum Gasteiger partial charge on any atom is -0.478 e. The van der Waals surface area contributed by atoms with Gasteiger partial charge in [-0.3, -0.25) is 0 Å². The zero-order chi connectivity index (χ0) is 25.6. The summed E-state index contributed by atoms with van der Waals surface area (Å²) in [5.41, 5.74) is 0.406. The van der Waals surface area contributed by atoms with Crippen LogP contribution in [0.25, 0.3) is 22.0 Å². The summed E-state index contributed by atoms with van der Waals surface area (Å²) in [6.07, 6.45) is 1.31. The molecule has 2 aromatic carbocycles. The van der Waals surface area contributed by atoms with Crippen molar-refractivity contribution in [1.29, 1.82) is 0 Å². The first kappa shape index (κ1) is 23.5. The number of halogens is 4. The summed E-state index contributed by atoms with van der Waals surface area (Å²) in [4.78, 5) is 27.1. The molecule has 3 heterocycles. The number of nitrogens with zero attached hydrogens (tertiary/aromatic N) is 6. The molecule has 4 aromatic rings. The summed E-state index contributed by atoms with van der Waals surface area (Å²) in [6.45, 7) is 2.19. The third-order valence-electron chi connectivity index (χ3n) is 5.85. The molecule has 0 aliphatic carbocycles. The van der Waals surface area contributed by atoms with E-state index >= 15 is 0 Å². The summed E-state index contributed by atoms with van der Waals surface area (Å²) in [6, 6.07) is 6.00. The number of alkyl halides is 2. The average Bonchev–Trinajstić information content (AvgIpc) is 3.34. The van der Waals surface area contributed by atoms with Crippen molar-refractivity contribution in [3.63, 3.8) is 0 Å². The lowest BCUT2D eigenvalue weighted by Crippen LogP contribution is -2.47. The van der Waals surface area contributed by atoms with E-state index in [0.29, 0.717) is 49.8 Å². The predicted octanol–water partition coefficient (Wildman–Crippen LogP) is 4.09. The third-order valence-corrected chi connectivity index (χ3v) is 5.85. The van der Waals surface area contributed by atoms with Crippen LogP contribution < -0.4 is 9.80 Å². The molecule has 0 bridgehead atoms. The van der Waals surface area contributed by atoms with Crippen molar-refractivity contribution in [3.05, 3.63) is 59.7 Å². The van der Waals surface area contributed by atoms with E-state index < -0.39 is 35.0 Å². The molecule has 186 valence electrons. The highest BCUT2D eigenvalue weighted by molar-refractivity contribution is 6.00. The maximum absolute atomic E-state index is 14.7. The number of carboxylic acid groups (broad SMARTS) is 1. The number of carbonyl (C=O) groups is 1. The number of hydrogen-bond donors (Lipinski definition) is 1. The van der Waals surface area contributed by atoms with E-state index in [0.717, 1.165) is 12.1 Å². The lowest BCUT2D eigenvalue weighted by molar-refractivity contribution is -0.0158. The van der Waals surface area contributed by atoms with Crippen LogP contribution in [0.3, 0.4) is 0 Å². The molecule has 0 unspecified atom stereocenters. The number of anilines is 2. The van der Waals surface area contributed by atoms with Crippen molar-refractivity contribution < 1.29 is 32.0 Å². The first-order valence-electron chi connectivity index (χ1n) is 10.8. The SMILES string of the molecule is CC(F)(F)c1nc(N2CCN(c3ncnc4c(-c5ccc(C(=O)O)c(F)c5)cc(F)cc34)CC2)no1.